The molecule has 1 amide bonds. The molecule has 1 unspecified atom stereocenters. The predicted octanol–water partition coefficient (Wildman–Crippen LogP) is 2.95. The molecule has 0 saturated heterocycles. The number of benzene rings is 1. The van der Waals surface area contributed by atoms with Crippen molar-refractivity contribution in [1.82, 2.24) is 0 Å². The SMILES string of the molecule is CCCC(C)C(=O)Nc1ccc(N)c(C)c1. The first-order valence-electron chi connectivity index (χ1n) is 5.71. The molecule has 0 radical (unpaired) electrons. The fourth-order valence-corrected chi connectivity index (χ4v) is 1.58. The fourth-order valence-electron chi connectivity index (χ4n) is 1.58. The molecule has 0 aromatic heterocycles. The number of hydrogen-bond donors (Lipinski definition) is 2. The van der Waals surface area contributed by atoms with Crippen LogP contribution < -0.4 is 11.1 Å². The van der Waals surface area contributed by atoms with Gasteiger partial charge in [0, 0.05) is 17.3 Å². The number of anilines is 2. The van der Waals surface area contributed by atoms with E-state index in [9.17, 15) is 4.79 Å². The summed E-state index contributed by atoms with van der Waals surface area (Å²) in [5, 5.41) is 2.90. The summed E-state index contributed by atoms with van der Waals surface area (Å²) in [7, 11) is 0. The first kappa shape index (κ1) is 12.6. The van der Waals surface area contributed by atoms with Crippen molar-refractivity contribution in [2.45, 2.75) is 33.6 Å². The lowest BCUT2D eigenvalue weighted by molar-refractivity contribution is -0.119. The van der Waals surface area contributed by atoms with Crippen molar-refractivity contribution >= 4 is 17.3 Å². The summed E-state index contributed by atoms with van der Waals surface area (Å²) in [6.07, 6.45) is 1.94. The molecule has 0 bridgehead atoms. The van der Waals surface area contributed by atoms with E-state index in [2.05, 4.69) is 12.2 Å². The molecule has 3 nitrogen and oxygen atoms in total. The van der Waals surface area contributed by atoms with Gasteiger partial charge in [-0.15, -0.1) is 0 Å². The van der Waals surface area contributed by atoms with Gasteiger partial charge in [-0.25, -0.2) is 0 Å². The number of nitrogens with one attached hydrogen (secondary N) is 1. The highest BCUT2D eigenvalue weighted by atomic mass is 16.1. The van der Waals surface area contributed by atoms with E-state index >= 15 is 0 Å². The van der Waals surface area contributed by atoms with Crippen molar-refractivity contribution < 1.29 is 4.79 Å². The van der Waals surface area contributed by atoms with Crippen molar-refractivity contribution in [3.05, 3.63) is 23.8 Å². The van der Waals surface area contributed by atoms with Gasteiger partial charge in [0.05, 0.1) is 0 Å². The zero-order valence-electron chi connectivity index (χ0n) is 10.2. The molecule has 1 atom stereocenters. The lowest BCUT2D eigenvalue weighted by atomic mass is 10.1. The molecule has 0 aliphatic rings. The number of amides is 1. The van der Waals surface area contributed by atoms with Crippen LogP contribution >= 0.6 is 0 Å². The van der Waals surface area contributed by atoms with E-state index in [1.807, 2.05) is 32.0 Å². The Morgan fingerprint density at radius 2 is 2.19 bits per heavy atom. The predicted molar refractivity (Wildman–Crippen MR) is 68.3 cm³/mol. The van der Waals surface area contributed by atoms with Gasteiger partial charge in [0.15, 0.2) is 0 Å². The van der Waals surface area contributed by atoms with Crippen LogP contribution in [0.2, 0.25) is 0 Å². The Labute approximate surface area is 97.0 Å². The van der Waals surface area contributed by atoms with E-state index in [1.165, 1.54) is 0 Å². The Balaban J connectivity index is 2.66. The van der Waals surface area contributed by atoms with Crippen molar-refractivity contribution in [3.63, 3.8) is 0 Å². The molecule has 1 aromatic carbocycles. The molecule has 16 heavy (non-hydrogen) atoms. The lowest BCUT2D eigenvalue weighted by Gasteiger charge is -2.12. The average molecular weight is 220 g/mol. The Kier molecular flexibility index (Phi) is 4.35. The minimum atomic E-state index is 0.0582. The van der Waals surface area contributed by atoms with Gasteiger partial charge < -0.3 is 11.1 Å². The number of hydrogen-bond acceptors (Lipinski definition) is 2. The van der Waals surface area contributed by atoms with Crippen LogP contribution in [0.25, 0.3) is 0 Å². The first-order chi connectivity index (χ1) is 7.54. The molecule has 3 heteroatoms. The average Bonchev–Trinajstić information content (AvgIpc) is 2.24. The number of carbonyl (C=O) groups is 1. The molecule has 0 aliphatic carbocycles. The maximum Gasteiger partial charge on any atom is 0.227 e. The largest absolute Gasteiger partial charge is 0.399 e. The molecule has 3 N–H and O–H groups in total. The summed E-state index contributed by atoms with van der Waals surface area (Å²) in [4.78, 5) is 11.8. The second kappa shape index (κ2) is 5.54. The van der Waals surface area contributed by atoms with E-state index in [1.54, 1.807) is 0 Å². The van der Waals surface area contributed by atoms with Gasteiger partial charge in [-0.05, 0) is 37.1 Å². The molecule has 0 fully saturated rings. The summed E-state index contributed by atoms with van der Waals surface area (Å²) < 4.78 is 0. The molecule has 0 aliphatic heterocycles. The summed E-state index contributed by atoms with van der Waals surface area (Å²) in [5.74, 6) is 0.133. The van der Waals surface area contributed by atoms with E-state index in [4.69, 9.17) is 5.73 Å². The fraction of sp³-hybridized carbons (Fsp3) is 0.462. The Morgan fingerprint density at radius 1 is 1.50 bits per heavy atom. The van der Waals surface area contributed by atoms with E-state index in [0.29, 0.717) is 0 Å². The van der Waals surface area contributed by atoms with E-state index in [0.717, 1.165) is 29.8 Å². The highest BCUT2D eigenvalue weighted by Crippen LogP contribution is 2.17. The van der Waals surface area contributed by atoms with Crippen molar-refractivity contribution in [1.29, 1.82) is 0 Å². The molecule has 88 valence electrons. The highest BCUT2D eigenvalue weighted by molar-refractivity contribution is 5.92. The molecule has 0 saturated carbocycles. The second-order valence-corrected chi connectivity index (χ2v) is 4.25. The zero-order valence-corrected chi connectivity index (χ0v) is 10.2. The Morgan fingerprint density at radius 3 is 2.75 bits per heavy atom. The van der Waals surface area contributed by atoms with Crippen LogP contribution in [0.5, 0.6) is 0 Å². The maximum atomic E-state index is 11.8. The van der Waals surface area contributed by atoms with Gasteiger partial charge in [-0.2, -0.15) is 0 Å². The normalized spacial score (nSPS) is 12.2. The van der Waals surface area contributed by atoms with Crippen LogP contribution in [-0.4, -0.2) is 5.91 Å². The van der Waals surface area contributed by atoms with Gasteiger partial charge in [0.25, 0.3) is 0 Å². The van der Waals surface area contributed by atoms with Crippen LogP contribution in [0.1, 0.15) is 32.3 Å². The van der Waals surface area contributed by atoms with Crippen LogP contribution in [0.4, 0.5) is 11.4 Å². The van der Waals surface area contributed by atoms with Gasteiger partial charge in [0.2, 0.25) is 5.91 Å². The summed E-state index contributed by atoms with van der Waals surface area (Å²) >= 11 is 0. The van der Waals surface area contributed by atoms with Gasteiger partial charge in [0.1, 0.15) is 0 Å². The van der Waals surface area contributed by atoms with Crippen molar-refractivity contribution in [2.75, 3.05) is 11.1 Å². The van der Waals surface area contributed by atoms with Gasteiger partial charge >= 0.3 is 0 Å². The summed E-state index contributed by atoms with van der Waals surface area (Å²) in [6.45, 7) is 5.96. The zero-order chi connectivity index (χ0) is 12.1. The highest BCUT2D eigenvalue weighted by Gasteiger charge is 2.11. The minimum absolute atomic E-state index is 0.0582. The number of nitrogens with two attached hydrogens (primary N) is 1. The van der Waals surface area contributed by atoms with Crippen LogP contribution in [0.15, 0.2) is 18.2 Å². The monoisotopic (exact) mass is 220 g/mol. The number of carbonyl (C=O) groups excluding carboxylic acids is 1. The maximum absolute atomic E-state index is 11.8. The second-order valence-electron chi connectivity index (χ2n) is 4.25. The summed E-state index contributed by atoms with van der Waals surface area (Å²) in [6, 6.07) is 5.54. The van der Waals surface area contributed by atoms with E-state index < -0.39 is 0 Å². The van der Waals surface area contributed by atoms with Crippen molar-refractivity contribution in [2.24, 2.45) is 5.92 Å². The lowest BCUT2D eigenvalue weighted by Crippen LogP contribution is -2.20. The summed E-state index contributed by atoms with van der Waals surface area (Å²) in [5.41, 5.74) is 8.27. The van der Waals surface area contributed by atoms with Gasteiger partial charge in [-0.3, -0.25) is 4.79 Å². The van der Waals surface area contributed by atoms with Crippen LogP contribution in [0.3, 0.4) is 0 Å². The van der Waals surface area contributed by atoms with E-state index in [-0.39, 0.29) is 11.8 Å². The molecular formula is C13H20N2O. The molecule has 1 aromatic rings. The minimum Gasteiger partial charge on any atom is -0.399 e. The standard InChI is InChI=1S/C13H20N2O/c1-4-5-9(2)13(16)15-11-6-7-12(14)10(3)8-11/h6-9H,4-5,14H2,1-3H3,(H,15,16). The molecule has 0 heterocycles. The third kappa shape index (κ3) is 3.26. The van der Waals surface area contributed by atoms with Crippen LogP contribution in [0, 0.1) is 12.8 Å². The number of nitrogen functional groups attached to an aromatic ring is 1. The number of rotatable bonds is 4. The quantitative estimate of drug-likeness (QED) is 0.766. The third-order valence-corrected chi connectivity index (χ3v) is 2.71. The number of aryl methyl sites for hydroxylation is 1. The van der Waals surface area contributed by atoms with Gasteiger partial charge in [-0.1, -0.05) is 20.3 Å². The third-order valence-electron chi connectivity index (χ3n) is 2.71. The smallest absolute Gasteiger partial charge is 0.227 e. The molecule has 0 spiro atoms. The Bertz CT molecular complexity index is 374. The molecular weight excluding hydrogens is 200 g/mol. The van der Waals surface area contributed by atoms with Crippen LogP contribution in [-0.2, 0) is 4.79 Å². The molecule has 1 rings (SSSR count). The Hall–Kier alpha value is -1.51. The first-order valence-corrected chi connectivity index (χ1v) is 5.71. The van der Waals surface area contributed by atoms with Crippen molar-refractivity contribution in [3.8, 4) is 0 Å². The topological polar surface area (TPSA) is 55.1 Å².